The Labute approximate surface area is 147 Å². The van der Waals surface area contributed by atoms with E-state index in [4.69, 9.17) is 20.9 Å². The molecule has 0 atom stereocenters. The summed E-state index contributed by atoms with van der Waals surface area (Å²) in [6, 6.07) is 3.52. The molecule has 0 aliphatic heterocycles. The van der Waals surface area contributed by atoms with Gasteiger partial charge in [0.2, 0.25) is 0 Å². The van der Waals surface area contributed by atoms with Crippen molar-refractivity contribution in [2.75, 3.05) is 80.1 Å². The Morgan fingerprint density at radius 2 is 1.04 bits per heavy atom. The first-order chi connectivity index (χ1) is 11.0. The largest absolute Gasteiger partial charge is 0.489 e. The van der Waals surface area contributed by atoms with Crippen LogP contribution in [-0.2, 0) is 0 Å². The summed E-state index contributed by atoms with van der Waals surface area (Å²) >= 11 is 0. The number of nitrogens with zero attached hydrogens (tertiary/aromatic N) is 2. The highest BCUT2D eigenvalue weighted by Gasteiger charge is 2.12. The van der Waals surface area contributed by atoms with Crippen molar-refractivity contribution < 1.29 is 18.4 Å². The predicted molar refractivity (Wildman–Crippen MR) is 101 cm³/mol. The third-order valence-electron chi connectivity index (χ3n) is 3.61. The van der Waals surface area contributed by atoms with E-state index in [2.05, 4.69) is 42.3 Å². The normalized spacial score (nSPS) is 12.2. The fourth-order valence-corrected chi connectivity index (χ4v) is 2.26. The van der Waals surface area contributed by atoms with E-state index in [1.165, 1.54) is 0 Å². The van der Waals surface area contributed by atoms with Crippen molar-refractivity contribution in [3.8, 4) is 11.5 Å². The monoisotopic (exact) mass is 340 g/mol. The molecule has 0 amide bonds. The van der Waals surface area contributed by atoms with Gasteiger partial charge in [0.05, 0.1) is 80.0 Å². The zero-order valence-corrected chi connectivity index (χ0v) is 16.3. The molecule has 6 nitrogen and oxygen atoms in total. The molecule has 138 valence electrons. The van der Waals surface area contributed by atoms with E-state index in [9.17, 15) is 0 Å². The molecule has 0 bridgehead atoms. The molecule has 6 heteroatoms. The highest BCUT2D eigenvalue weighted by molar-refractivity contribution is 5.69. The first-order valence-corrected chi connectivity index (χ1v) is 8.53. The number of benzene rings is 1. The van der Waals surface area contributed by atoms with E-state index in [0.717, 1.165) is 34.9 Å². The van der Waals surface area contributed by atoms with Gasteiger partial charge in [0.15, 0.2) is 11.5 Å². The highest BCUT2D eigenvalue weighted by Crippen LogP contribution is 2.34. The standard InChI is InChI=1S/C18H36N4O2/c1-21(2,3)9-7-11-23-17-13-15(19)16(20)14-18(17)24-12-8-10-22(4,5)6/h13-14H,7-12,19-20H2,1-6H3/q+2. The summed E-state index contributed by atoms with van der Waals surface area (Å²) in [5, 5.41) is 0. The highest BCUT2D eigenvalue weighted by atomic mass is 16.5. The van der Waals surface area contributed by atoms with Gasteiger partial charge in [-0.05, 0) is 0 Å². The minimum Gasteiger partial charge on any atom is -0.489 e. The van der Waals surface area contributed by atoms with Gasteiger partial charge in [-0.2, -0.15) is 0 Å². The van der Waals surface area contributed by atoms with Crippen molar-refractivity contribution in [2.24, 2.45) is 0 Å². The Morgan fingerprint density at radius 1 is 0.708 bits per heavy atom. The molecule has 4 N–H and O–H groups in total. The van der Waals surface area contributed by atoms with Gasteiger partial charge in [-0.25, -0.2) is 0 Å². The third-order valence-corrected chi connectivity index (χ3v) is 3.61. The van der Waals surface area contributed by atoms with Gasteiger partial charge in [0.1, 0.15) is 0 Å². The van der Waals surface area contributed by atoms with Crippen LogP contribution in [0.4, 0.5) is 11.4 Å². The summed E-state index contributed by atoms with van der Waals surface area (Å²) in [7, 11) is 13.0. The molecule has 0 aliphatic carbocycles. The van der Waals surface area contributed by atoms with Gasteiger partial charge in [0.25, 0.3) is 0 Å². The van der Waals surface area contributed by atoms with Crippen LogP contribution in [0.2, 0.25) is 0 Å². The van der Waals surface area contributed by atoms with Crippen LogP contribution in [-0.4, -0.2) is 77.6 Å². The average Bonchev–Trinajstić information content (AvgIpc) is 2.42. The van der Waals surface area contributed by atoms with Crippen molar-refractivity contribution in [1.29, 1.82) is 0 Å². The minimum absolute atomic E-state index is 0.523. The second-order valence-electron chi connectivity index (χ2n) is 8.36. The maximum Gasteiger partial charge on any atom is 0.163 e. The zero-order chi connectivity index (χ0) is 18.4. The Hall–Kier alpha value is -1.66. The Morgan fingerprint density at radius 3 is 1.33 bits per heavy atom. The van der Waals surface area contributed by atoms with Crippen molar-refractivity contribution >= 4 is 11.4 Å². The predicted octanol–water partition coefficient (Wildman–Crippen LogP) is 1.80. The van der Waals surface area contributed by atoms with Crippen LogP contribution < -0.4 is 20.9 Å². The summed E-state index contributed by atoms with van der Waals surface area (Å²) in [6.07, 6.45) is 1.93. The Kier molecular flexibility index (Phi) is 7.17. The lowest BCUT2D eigenvalue weighted by Gasteiger charge is -2.24. The van der Waals surface area contributed by atoms with Crippen LogP contribution >= 0.6 is 0 Å². The number of nitrogen functional groups attached to an aromatic ring is 2. The molecule has 1 rings (SSSR count). The van der Waals surface area contributed by atoms with Crippen molar-refractivity contribution in [2.45, 2.75) is 12.8 Å². The lowest BCUT2D eigenvalue weighted by Crippen LogP contribution is -2.36. The lowest BCUT2D eigenvalue weighted by atomic mass is 10.2. The molecular weight excluding hydrogens is 304 g/mol. The first-order valence-electron chi connectivity index (χ1n) is 8.53. The van der Waals surface area contributed by atoms with E-state index < -0.39 is 0 Å². The average molecular weight is 341 g/mol. The maximum absolute atomic E-state index is 5.91. The van der Waals surface area contributed by atoms with E-state index in [1.54, 1.807) is 12.1 Å². The van der Waals surface area contributed by atoms with Gasteiger partial charge < -0.3 is 29.9 Å². The smallest absolute Gasteiger partial charge is 0.163 e. The van der Waals surface area contributed by atoms with Crippen LogP contribution in [0.15, 0.2) is 12.1 Å². The molecular formula is C18H36N4O2+2. The van der Waals surface area contributed by atoms with E-state index in [1.807, 2.05) is 0 Å². The summed E-state index contributed by atoms with van der Waals surface area (Å²) in [5.41, 5.74) is 12.9. The third kappa shape index (κ3) is 8.26. The fraction of sp³-hybridized carbons (Fsp3) is 0.667. The molecule has 0 saturated carbocycles. The van der Waals surface area contributed by atoms with Crippen LogP contribution in [0.3, 0.4) is 0 Å². The number of nitrogens with two attached hydrogens (primary N) is 2. The molecule has 0 saturated heterocycles. The molecule has 0 aliphatic rings. The van der Waals surface area contributed by atoms with Crippen LogP contribution in [0, 0.1) is 0 Å². The van der Waals surface area contributed by atoms with E-state index in [-0.39, 0.29) is 0 Å². The van der Waals surface area contributed by atoms with E-state index >= 15 is 0 Å². The van der Waals surface area contributed by atoms with Crippen molar-refractivity contribution in [3.63, 3.8) is 0 Å². The molecule has 0 unspecified atom stereocenters. The zero-order valence-electron chi connectivity index (χ0n) is 16.3. The Balaban J connectivity index is 2.61. The molecule has 0 spiro atoms. The van der Waals surface area contributed by atoms with Gasteiger partial charge in [-0.3, -0.25) is 0 Å². The summed E-state index contributed by atoms with van der Waals surface area (Å²) < 4.78 is 13.6. The topological polar surface area (TPSA) is 70.5 Å². The van der Waals surface area contributed by atoms with E-state index in [0.29, 0.717) is 36.1 Å². The second kappa shape index (κ2) is 8.44. The SMILES string of the molecule is C[N+](C)(C)CCCOc1cc(N)c(N)cc1OCCC[N+](C)(C)C. The summed E-state index contributed by atoms with van der Waals surface area (Å²) in [4.78, 5) is 0. The summed E-state index contributed by atoms with van der Waals surface area (Å²) in [5.74, 6) is 1.35. The quantitative estimate of drug-likeness (QED) is 0.387. The van der Waals surface area contributed by atoms with Crippen LogP contribution in [0.5, 0.6) is 11.5 Å². The molecule has 0 heterocycles. The molecule has 1 aromatic carbocycles. The van der Waals surface area contributed by atoms with Crippen LogP contribution in [0.1, 0.15) is 12.8 Å². The molecule has 1 aromatic rings. The summed E-state index contributed by atoms with van der Waals surface area (Å²) in [6.45, 7) is 3.36. The maximum atomic E-state index is 5.91. The van der Waals surface area contributed by atoms with Crippen molar-refractivity contribution in [1.82, 2.24) is 0 Å². The lowest BCUT2D eigenvalue weighted by molar-refractivity contribution is -0.870. The number of rotatable bonds is 10. The van der Waals surface area contributed by atoms with Crippen LogP contribution in [0.25, 0.3) is 0 Å². The molecule has 0 fully saturated rings. The fourth-order valence-electron chi connectivity index (χ4n) is 2.26. The van der Waals surface area contributed by atoms with Gasteiger partial charge in [-0.1, -0.05) is 0 Å². The van der Waals surface area contributed by atoms with Crippen molar-refractivity contribution in [3.05, 3.63) is 12.1 Å². The number of hydrogen-bond acceptors (Lipinski definition) is 4. The molecule has 0 aromatic heterocycles. The Bertz CT molecular complexity index is 472. The van der Waals surface area contributed by atoms with Gasteiger partial charge in [-0.15, -0.1) is 0 Å². The number of ether oxygens (including phenoxy) is 2. The molecule has 0 radical (unpaired) electrons. The second-order valence-corrected chi connectivity index (χ2v) is 8.36. The van der Waals surface area contributed by atoms with Gasteiger partial charge >= 0.3 is 0 Å². The first kappa shape index (κ1) is 20.4. The number of quaternary nitrogens is 2. The number of hydrogen-bond donors (Lipinski definition) is 2. The van der Waals surface area contributed by atoms with Gasteiger partial charge in [0, 0.05) is 25.0 Å². The minimum atomic E-state index is 0.523. The number of anilines is 2. The molecule has 24 heavy (non-hydrogen) atoms.